The third-order valence-electron chi connectivity index (χ3n) is 2.50. The molecule has 0 aliphatic heterocycles. The average Bonchev–Trinajstić information content (AvgIpc) is 2.73. The van der Waals surface area contributed by atoms with Gasteiger partial charge in [0.25, 0.3) is 0 Å². The maximum atomic E-state index is 11.7. The van der Waals surface area contributed by atoms with Crippen LogP contribution in [0.3, 0.4) is 0 Å². The Morgan fingerprint density at radius 2 is 2.24 bits per heavy atom. The summed E-state index contributed by atoms with van der Waals surface area (Å²) in [5.74, 6) is 0.194. The zero-order chi connectivity index (χ0) is 12.8. The number of aryl methyl sites for hydroxylation is 1. The molecule has 1 atom stereocenters. The highest BCUT2D eigenvalue weighted by Gasteiger charge is 2.21. The molecule has 0 spiro atoms. The van der Waals surface area contributed by atoms with Gasteiger partial charge in [-0.05, 0) is 13.3 Å². The SMILES string of the molecule is CCCc1nc(C(=O)OCC)c(C(C)CO)[nH]1. The predicted molar refractivity (Wildman–Crippen MR) is 64.0 cm³/mol. The maximum absolute atomic E-state index is 11.7. The van der Waals surface area contributed by atoms with E-state index in [1.165, 1.54) is 0 Å². The van der Waals surface area contributed by atoms with Gasteiger partial charge in [-0.3, -0.25) is 0 Å². The molecule has 17 heavy (non-hydrogen) atoms. The van der Waals surface area contributed by atoms with Crippen LogP contribution in [0.2, 0.25) is 0 Å². The summed E-state index contributed by atoms with van der Waals surface area (Å²) in [5.41, 5.74) is 0.964. The lowest BCUT2D eigenvalue weighted by molar-refractivity contribution is 0.0517. The summed E-state index contributed by atoms with van der Waals surface area (Å²) >= 11 is 0. The van der Waals surface area contributed by atoms with Crippen molar-refractivity contribution in [3.8, 4) is 0 Å². The molecule has 2 N–H and O–H groups in total. The number of carbonyl (C=O) groups is 1. The minimum absolute atomic E-state index is 0.0276. The number of esters is 1. The first-order chi connectivity index (χ1) is 8.13. The Balaban J connectivity index is 3.02. The highest BCUT2D eigenvalue weighted by molar-refractivity contribution is 5.88. The lowest BCUT2D eigenvalue weighted by Gasteiger charge is -2.07. The van der Waals surface area contributed by atoms with Crippen molar-refractivity contribution in [2.45, 2.75) is 39.5 Å². The second-order valence-corrected chi connectivity index (χ2v) is 4.00. The number of nitrogens with zero attached hydrogens (tertiary/aromatic N) is 1. The highest BCUT2D eigenvalue weighted by atomic mass is 16.5. The van der Waals surface area contributed by atoms with Gasteiger partial charge in [0.1, 0.15) is 5.82 Å². The Labute approximate surface area is 101 Å². The summed E-state index contributed by atoms with van der Waals surface area (Å²) in [6, 6.07) is 0. The van der Waals surface area contributed by atoms with Gasteiger partial charge in [0, 0.05) is 12.3 Å². The second-order valence-electron chi connectivity index (χ2n) is 4.00. The number of carbonyl (C=O) groups excluding carboxylic acids is 1. The Morgan fingerprint density at radius 1 is 1.53 bits per heavy atom. The van der Waals surface area contributed by atoms with Crippen LogP contribution in [-0.2, 0) is 11.2 Å². The van der Waals surface area contributed by atoms with E-state index in [-0.39, 0.29) is 12.5 Å². The number of nitrogens with one attached hydrogen (secondary N) is 1. The van der Waals surface area contributed by atoms with E-state index in [1.807, 2.05) is 13.8 Å². The van der Waals surface area contributed by atoms with Gasteiger partial charge in [0.05, 0.1) is 18.9 Å². The minimum Gasteiger partial charge on any atom is -0.461 e. The topological polar surface area (TPSA) is 75.2 Å². The molecule has 0 saturated heterocycles. The Hall–Kier alpha value is -1.36. The van der Waals surface area contributed by atoms with E-state index in [2.05, 4.69) is 9.97 Å². The summed E-state index contributed by atoms with van der Waals surface area (Å²) < 4.78 is 4.95. The van der Waals surface area contributed by atoms with Crippen LogP contribution in [0.5, 0.6) is 0 Å². The lowest BCUT2D eigenvalue weighted by Crippen LogP contribution is -2.11. The Kier molecular flexibility index (Phi) is 5.15. The van der Waals surface area contributed by atoms with Gasteiger partial charge < -0.3 is 14.8 Å². The second kappa shape index (κ2) is 6.39. The van der Waals surface area contributed by atoms with Crippen molar-refractivity contribution < 1.29 is 14.6 Å². The van der Waals surface area contributed by atoms with Crippen molar-refractivity contribution >= 4 is 5.97 Å². The zero-order valence-electron chi connectivity index (χ0n) is 10.6. The number of ether oxygens (including phenoxy) is 1. The van der Waals surface area contributed by atoms with Gasteiger partial charge in [-0.1, -0.05) is 13.8 Å². The number of hydrogen-bond acceptors (Lipinski definition) is 4. The number of aliphatic hydroxyl groups is 1. The van der Waals surface area contributed by atoms with Crippen molar-refractivity contribution in [2.24, 2.45) is 0 Å². The maximum Gasteiger partial charge on any atom is 0.358 e. The fraction of sp³-hybridized carbons (Fsp3) is 0.667. The fourth-order valence-corrected chi connectivity index (χ4v) is 1.60. The number of H-pyrrole nitrogens is 1. The van der Waals surface area contributed by atoms with E-state index in [9.17, 15) is 4.79 Å². The molecule has 1 rings (SSSR count). The van der Waals surface area contributed by atoms with Gasteiger partial charge in [0.2, 0.25) is 0 Å². The number of aliphatic hydroxyl groups excluding tert-OH is 1. The largest absolute Gasteiger partial charge is 0.461 e. The van der Waals surface area contributed by atoms with E-state index >= 15 is 0 Å². The van der Waals surface area contributed by atoms with Crippen molar-refractivity contribution in [1.82, 2.24) is 9.97 Å². The summed E-state index contributed by atoms with van der Waals surface area (Å²) in [6.07, 6.45) is 1.73. The molecule has 1 aromatic rings. The number of rotatable bonds is 6. The third kappa shape index (κ3) is 3.30. The highest BCUT2D eigenvalue weighted by Crippen LogP contribution is 2.19. The molecule has 0 saturated carbocycles. The summed E-state index contributed by atoms with van der Waals surface area (Å²) in [6.45, 7) is 5.93. The molecule has 0 radical (unpaired) electrons. The Morgan fingerprint density at radius 3 is 2.76 bits per heavy atom. The van der Waals surface area contributed by atoms with Crippen LogP contribution in [0.15, 0.2) is 0 Å². The van der Waals surface area contributed by atoms with Crippen LogP contribution < -0.4 is 0 Å². The quantitative estimate of drug-likeness (QED) is 0.741. The van der Waals surface area contributed by atoms with E-state index in [4.69, 9.17) is 9.84 Å². The standard InChI is InChI=1S/C12H20N2O3/c1-4-6-9-13-10(8(3)7-15)11(14-9)12(16)17-5-2/h8,15H,4-7H2,1-3H3,(H,13,14). The van der Waals surface area contributed by atoms with Gasteiger partial charge >= 0.3 is 5.97 Å². The van der Waals surface area contributed by atoms with Gasteiger partial charge in [0.15, 0.2) is 5.69 Å². The molecule has 96 valence electrons. The molecule has 0 aromatic carbocycles. The van der Waals surface area contributed by atoms with Crippen LogP contribution in [0, 0.1) is 0 Å². The molecule has 1 aromatic heterocycles. The van der Waals surface area contributed by atoms with E-state index < -0.39 is 5.97 Å². The monoisotopic (exact) mass is 240 g/mol. The predicted octanol–water partition coefficient (Wildman–Crippen LogP) is 1.63. The van der Waals surface area contributed by atoms with Crippen molar-refractivity contribution in [3.63, 3.8) is 0 Å². The fourth-order valence-electron chi connectivity index (χ4n) is 1.60. The molecule has 0 bridgehead atoms. The first-order valence-electron chi connectivity index (χ1n) is 6.00. The molecular formula is C12H20N2O3. The summed E-state index contributed by atoms with van der Waals surface area (Å²) in [4.78, 5) is 19.1. The van der Waals surface area contributed by atoms with Gasteiger partial charge in [-0.2, -0.15) is 0 Å². The van der Waals surface area contributed by atoms with E-state index in [1.54, 1.807) is 6.92 Å². The summed E-state index contributed by atoms with van der Waals surface area (Å²) in [5, 5.41) is 9.16. The van der Waals surface area contributed by atoms with Crippen LogP contribution in [-0.4, -0.2) is 34.3 Å². The number of aromatic amines is 1. The number of aromatic nitrogens is 2. The third-order valence-corrected chi connectivity index (χ3v) is 2.50. The number of hydrogen-bond donors (Lipinski definition) is 2. The normalized spacial score (nSPS) is 12.5. The van der Waals surface area contributed by atoms with E-state index in [0.29, 0.717) is 18.0 Å². The molecule has 0 fully saturated rings. The van der Waals surface area contributed by atoms with E-state index in [0.717, 1.165) is 18.7 Å². The van der Waals surface area contributed by atoms with Crippen LogP contribution in [0.25, 0.3) is 0 Å². The zero-order valence-corrected chi connectivity index (χ0v) is 10.6. The molecule has 5 nitrogen and oxygen atoms in total. The van der Waals surface area contributed by atoms with Crippen molar-refractivity contribution in [2.75, 3.05) is 13.2 Å². The van der Waals surface area contributed by atoms with Crippen LogP contribution in [0.4, 0.5) is 0 Å². The molecule has 0 aliphatic rings. The number of imidazole rings is 1. The Bertz CT molecular complexity index is 374. The first-order valence-corrected chi connectivity index (χ1v) is 6.00. The van der Waals surface area contributed by atoms with Crippen LogP contribution >= 0.6 is 0 Å². The van der Waals surface area contributed by atoms with Crippen molar-refractivity contribution in [3.05, 3.63) is 17.2 Å². The van der Waals surface area contributed by atoms with Crippen LogP contribution in [0.1, 0.15) is 55.1 Å². The molecule has 0 aliphatic carbocycles. The van der Waals surface area contributed by atoms with Gasteiger partial charge in [-0.15, -0.1) is 0 Å². The molecular weight excluding hydrogens is 220 g/mol. The summed E-state index contributed by atoms with van der Waals surface area (Å²) in [7, 11) is 0. The lowest BCUT2D eigenvalue weighted by atomic mass is 10.1. The molecule has 1 heterocycles. The minimum atomic E-state index is -0.429. The molecule has 5 heteroatoms. The van der Waals surface area contributed by atoms with Gasteiger partial charge in [-0.25, -0.2) is 9.78 Å². The smallest absolute Gasteiger partial charge is 0.358 e. The molecule has 0 amide bonds. The average molecular weight is 240 g/mol. The van der Waals surface area contributed by atoms with Crippen molar-refractivity contribution in [1.29, 1.82) is 0 Å². The first kappa shape index (κ1) is 13.7. The molecule has 1 unspecified atom stereocenters.